The molecule has 0 saturated heterocycles. The van der Waals surface area contributed by atoms with Crippen molar-refractivity contribution in [2.75, 3.05) is 17.2 Å². The Morgan fingerprint density at radius 3 is 2.63 bits per heavy atom. The summed E-state index contributed by atoms with van der Waals surface area (Å²) in [5.74, 6) is -1.37. The first-order valence-corrected chi connectivity index (χ1v) is 8.65. The van der Waals surface area contributed by atoms with Gasteiger partial charge >= 0.3 is 12.3 Å². The molecule has 12 heteroatoms. The molecule has 3 rings (SSSR count). The second-order valence-electron chi connectivity index (χ2n) is 5.77. The van der Waals surface area contributed by atoms with E-state index < -0.39 is 24.6 Å². The Hall–Kier alpha value is -3.60. The van der Waals surface area contributed by atoms with Crippen LogP contribution in [0.5, 0.6) is 5.75 Å². The first-order valence-electron chi connectivity index (χ1n) is 8.27. The molecule has 2 aromatic heterocycles. The number of halogens is 4. The van der Waals surface area contributed by atoms with E-state index in [1.807, 2.05) is 0 Å². The molecule has 0 bridgehead atoms. The van der Waals surface area contributed by atoms with Crippen molar-refractivity contribution in [3.8, 4) is 17.0 Å². The van der Waals surface area contributed by atoms with Crippen molar-refractivity contribution in [1.82, 2.24) is 15.0 Å². The number of alkyl halides is 3. The van der Waals surface area contributed by atoms with Gasteiger partial charge in [0, 0.05) is 29.7 Å². The fourth-order valence-corrected chi connectivity index (χ4v) is 2.56. The van der Waals surface area contributed by atoms with Gasteiger partial charge in [0.15, 0.2) is 0 Å². The maximum Gasteiger partial charge on any atom is 0.573 e. The van der Waals surface area contributed by atoms with Crippen molar-refractivity contribution in [3.05, 3.63) is 53.8 Å². The van der Waals surface area contributed by atoms with Gasteiger partial charge in [0.2, 0.25) is 5.95 Å². The van der Waals surface area contributed by atoms with Crippen LogP contribution >= 0.6 is 11.6 Å². The Morgan fingerprint density at radius 2 is 2.00 bits per heavy atom. The summed E-state index contributed by atoms with van der Waals surface area (Å²) in [5, 5.41) is 14.1. The lowest BCUT2D eigenvalue weighted by Crippen LogP contribution is -2.17. The number of carbonyl (C=O) groups is 1. The van der Waals surface area contributed by atoms with E-state index in [-0.39, 0.29) is 16.8 Å². The predicted octanol–water partition coefficient (Wildman–Crippen LogP) is 4.33. The molecule has 1 aromatic carbocycles. The standard InChI is InChI=1S/C18H13ClF3N5O3/c19-12-6-11(3-4-14(12)30-18(20,21)22)25-15-7-13(10-2-1-5-23-8-10)26-17(27-15)24-9-16(28)29/h1-8H,9H2,(H,28,29)(H2,24,25,26,27). The van der Waals surface area contributed by atoms with Gasteiger partial charge in [0.1, 0.15) is 18.1 Å². The van der Waals surface area contributed by atoms with Crippen molar-refractivity contribution in [2.45, 2.75) is 6.36 Å². The van der Waals surface area contributed by atoms with Gasteiger partial charge in [-0.3, -0.25) is 9.78 Å². The number of aromatic nitrogens is 3. The summed E-state index contributed by atoms with van der Waals surface area (Å²) >= 11 is 5.86. The zero-order valence-electron chi connectivity index (χ0n) is 14.9. The lowest BCUT2D eigenvalue weighted by molar-refractivity contribution is -0.274. The smallest absolute Gasteiger partial charge is 0.480 e. The Bertz CT molecular complexity index is 1050. The SMILES string of the molecule is O=C(O)CNc1nc(Nc2ccc(OC(F)(F)F)c(Cl)c2)cc(-c2cccnc2)n1. The summed E-state index contributed by atoms with van der Waals surface area (Å²) in [4.78, 5) is 23.3. The van der Waals surface area contributed by atoms with Crippen molar-refractivity contribution >= 4 is 35.0 Å². The average Bonchev–Trinajstić information content (AvgIpc) is 2.68. The first kappa shape index (κ1) is 21.1. The third-order valence-electron chi connectivity index (χ3n) is 3.51. The monoisotopic (exact) mass is 439 g/mol. The van der Waals surface area contributed by atoms with Crippen LogP contribution in [-0.2, 0) is 4.79 Å². The highest BCUT2D eigenvalue weighted by Crippen LogP contribution is 2.33. The molecule has 3 aromatic rings. The van der Waals surface area contributed by atoms with Gasteiger partial charge in [-0.25, -0.2) is 4.98 Å². The molecule has 0 aliphatic carbocycles. The second-order valence-corrected chi connectivity index (χ2v) is 6.18. The van der Waals surface area contributed by atoms with E-state index in [9.17, 15) is 18.0 Å². The molecule has 3 N–H and O–H groups in total. The summed E-state index contributed by atoms with van der Waals surface area (Å²) in [6.45, 7) is -0.411. The third-order valence-corrected chi connectivity index (χ3v) is 3.81. The molecule has 0 radical (unpaired) electrons. The molecular formula is C18H13ClF3N5O3. The minimum absolute atomic E-state index is 0.0318. The van der Waals surface area contributed by atoms with Gasteiger partial charge in [-0.05, 0) is 30.3 Å². The molecule has 30 heavy (non-hydrogen) atoms. The number of ether oxygens (including phenoxy) is 1. The second kappa shape index (κ2) is 8.82. The summed E-state index contributed by atoms with van der Waals surface area (Å²) < 4.78 is 41.0. The first-order chi connectivity index (χ1) is 14.2. The Morgan fingerprint density at radius 1 is 1.20 bits per heavy atom. The van der Waals surface area contributed by atoms with Crippen LogP contribution in [0.1, 0.15) is 0 Å². The average molecular weight is 440 g/mol. The van der Waals surface area contributed by atoms with E-state index in [0.29, 0.717) is 16.9 Å². The molecule has 0 unspecified atom stereocenters. The van der Waals surface area contributed by atoms with Crippen LogP contribution < -0.4 is 15.4 Å². The van der Waals surface area contributed by atoms with Crippen molar-refractivity contribution in [3.63, 3.8) is 0 Å². The summed E-state index contributed by atoms with van der Waals surface area (Å²) in [6.07, 6.45) is -1.72. The minimum atomic E-state index is -4.87. The van der Waals surface area contributed by atoms with Crippen LogP contribution in [0, 0.1) is 0 Å². The number of rotatable bonds is 7. The lowest BCUT2D eigenvalue weighted by Gasteiger charge is -2.13. The number of carboxylic acid groups (broad SMARTS) is 1. The van der Waals surface area contributed by atoms with Crippen molar-refractivity contribution in [1.29, 1.82) is 0 Å². The summed E-state index contributed by atoms with van der Waals surface area (Å²) in [6, 6.07) is 8.64. The number of aliphatic carboxylic acids is 1. The highest BCUT2D eigenvalue weighted by molar-refractivity contribution is 6.32. The van der Waals surface area contributed by atoms with E-state index in [0.717, 1.165) is 6.07 Å². The highest BCUT2D eigenvalue weighted by Gasteiger charge is 2.32. The molecule has 0 spiro atoms. The minimum Gasteiger partial charge on any atom is -0.480 e. The maximum absolute atomic E-state index is 12.4. The maximum atomic E-state index is 12.4. The largest absolute Gasteiger partial charge is 0.573 e. The summed E-state index contributed by atoms with van der Waals surface area (Å²) in [7, 11) is 0. The van der Waals surface area contributed by atoms with Gasteiger partial charge in [0.05, 0.1) is 10.7 Å². The molecule has 0 atom stereocenters. The molecule has 0 saturated carbocycles. The molecule has 8 nitrogen and oxygen atoms in total. The number of benzene rings is 1. The van der Waals surface area contributed by atoms with Crippen LogP contribution in [0.2, 0.25) is 5.02 Å². The molecule has 0 aliphatic rings. The van der Waals surface area contributed by atoms with Crippen LogP contribution in [0.15, 0.2) is 48.8 Å². The van der Waals surface area contributed by atoms with Gasteiger partial charge in [-0.1, -0.05) is 11.6 Å². The van der Waals surface area contributed by atoms with E-state index in [1.165, 1.54) is 12.1 Å². The van der Waals surface area contributed by atoms with Gasteiger partial charge < -0.3 is 20.5 Å². The quantitative estimate of drug-likeness (QED) is 0.499. The number of anilines is 3. The fourth-order valence-electron chi connectivity index (χ4n) is 2.34. The zero-order chi connectivity index (χ0) is 21.7. The van der Waals surface area contributed by atoms with Gasteiger partial charge in [-0.2, -0.15) is 4.98 Å². The molecule has 2 heterocycles. The van der Waals surface area contributed by atoms with Gasteiger partial charge in [0.25, 0.3) is 0 Å². The fraction of sp³-hybridized carbons (Fsp3) is 0.111. The van der Waals surface area contributed by atoms with E-state index >= 15 is 0 Å². The van der Waals surface area contributed by atoms with Crippen LogP contribution in [0.25, 0.3) is 11.3 Å². The topological polar surface area (TPSA) is 109 Å². The molecule has 0 amide bonds. The number of nitrogens with zero attached hydrogens (tertiary/aromatic N) is 3. The molecule has 156 valence electrons. The van der Waals surface area contributed by atoms with Crippen LogP contribution in [-0.4, -0.2) is 38.9 Å². The van der Waals surface area contributed by atoms with E-state index in [1.54, 1.807) is 30.6 Å². The highest BCUT2D eigenvalue weighted by atomic mass is 35.5. The number of nitrogens with one attached hydrogen (secondary N) is 2. The molecule has 0 aliphatic heterocycles. The number of pyridine rings is 1. The Balaban J connectivity index is 1.90. The van der Waals surface area contributed by atoms with Crippen molar-refractivity contribution in [2.24, 2.45) is 0 Å². The molecule has 0 fully saturated rings. The number of hydrogen-bond donors (Lipinski definition) is 3. The summed E-state index contributed by atoms with van der Waals surface area (Å²) in [5.41, 5.74) is 1.42. The predicted molar refractivity (Wildman–Crippen MR) is 103 cm³/mol. The van der Waals surface area contributed by atoms with Gasteiger partial charge in [-0.15, -0.1) is 13.2 Å². The van der Waals surface area contributed by atoms with E-state index in [4.69, 9.17) is 16.7 Å². The normalized spacial score (nSPS) is 11.1. The third kappa shape index (κ3) is 5.95. The Kier molecular flexibility index (Phi) is 6.21. The lowest BCUT2D eigenvalue weighted by atomic mass is 10.2. The van der Waals surface area contributed by atoms with E-state index in [2.05, 4.69) is 30.3 Å². The zero-order valence-corrected chi connectivity index (χ0v) is 15.7. The molecular weight excluding hydrogens is 427 g/mol. The van der Waals surface area contributed by atoms with Crippen LogP contribution in [0.4, 0.5) is 30.6 Å². The van der Waals surface area contributed by atoms with Crippen molar-refractivity contribution < 1.29 is 27.8 Å². The Labute approximate surface area is 172 Å². The number of carboxylic acids is 1. The number of hydrogen-bond acceptors (Lipinski definition) is 7. The van der Waals surface area contributed by atoms with Crippen LogP contribution in [0.3, 0.4) is 0 Å².